The molecule has 35 heavy (non-hydrogen) atoms. The molecular weight excluding hydrogens is 439 g/mol. The van der Waals surface area contributed by atoms with Crippen molar-refractivity contribution in [2.75, 3.05) is 0 Å². The molecule has 0 bridgehead atoms. The molecule has 0 heterocycles. The average molecular weight is 471 g/mol. The predicted octanol–water partition coefficient (Wildman–Crippen LogP) is 8.29. The van der Waals surface area contributed by atoms with Gasteiger partial charge in [-0.3, -0.25) is 0 Å². The third kappa shape index (κ3) is 4.50. The molecule has 3 aliphatic carbocycles. The van der Waals surface area contributed by atoms with Gasteiger partial charge in [-0.05, 0) is 95.4 Å². The molecule has 0 radical (unpaired) electrons. The Labute approximate surface area is 206 Å². The Morgan fingerprint density at radius 2 is 1.86 bits per heavy atom. The van der Waals surface area contributed by atoms with E-state index in [1.54, 1.807) is 6.07 Å². The Kier molecular flexibility index (Phi) is 6.00. The van der Waals surface area contributed by atoms with Crippen LogP contribution in [0.4, 0.5) is 9.18 Å². The fourth-order valence-corrected chi connectivity index (χ4v) is 6.11. The number of carboxylic acid groups (broad SMARTS) is 1. The van der Waals surface area contributed by atoms with Crippen LogP contribution >= 0.6 is 0 Å². The first-order chi connectivity index (χ1) is 16.8. The minimum atomic E-state index is -1.27. The fraction of sp³-hybridized carbons (Fsp3) is 0.323. The zero-order valence-electron chi connectivity index (χ0n) is 20.3. The Morgan fingerprint density at radius 1 is 1.09 bits per heavy atom. The molecule has 3 aliphatic rings. The maximum absolute atomic E-state index is 13.3. The molecule has 3 nitrogen and oxygen atoms in total. The van der Waals surface area contributed by atoms with Gasteiger partial charge in [0.2, 0.25) is 0 Å². The van der Waals surface area contributed by atoms with Crippen LogP contribution < -0.4 is 4.74 Å². The van der Waals surface area contributed by atoms with E-state index in [9.17, 15) is 9.18 Å². The lowest BCUT2D eigenvalue weighted by Gasteiger charge is -2.45. The number of aryl methyl sites for hydroxylation is 1. The van der Waals surface area contributed by atoms with E-state index in [0.29, 0.717) is 5.75 Å². The molecule has 0 saturated heterocycles. The van der Waals surface area contributed by atoms with E-state index in [4.69, 9.17) is 9.84 Å². The maximum Gasteiger partial charge on any atom is 0.511 e. The fourth-order valence-electron chi connectivity index (χ4n) is 6.11. The van der Waals surface area contributed by atoms with Crippen molar-refractivity contribution < 1.29 is 19.0 Å². The van der Waals surface area contributed by atoms with E-state index in [1.165, 1.54) is 34.4 Å². The molecule has 0 aliphatic heterocycles. The second-order valence-electron chi connectivity index (χ2n) is 10.5. The normalized spacial score (nSPS) is 26.4. The van der Waals surface area contributed by atoms with Crippen molar-refractivity contribution in [3.8, 4) is 5.75 Å². The van der Waals surface area contributed by atoms with Gasteiger partial charge in [0, 0.05) is 0 Å². The first-order valence-electron chi connectivity index (χ1n) is 12.3. The summed E-state index contributed by atoms with van der Waals surface area (Å²) in [5.74, 6) is 0.224. The van der Waals surface area contributed by atoms with Crippen molar-refractivity contribution in [2.45, 2.75) is 52.4 Å². The van der Waals surface area contributed by atoms with Gasteiger partial charge in [0.05, 0.1) is 0 Å². The van der Waals surface area contributed by atoms with Crippen LogP contribution in [0, 0.1) is 16.6 Å². The molecule has 0 aromatic heterocycles. The summed E-state index contributed by atoms with van der Waals surface area (Å²) in [5, 5.41) is 9.08. The molecule has 2 atom stereocenters. The van der Waals surface area contributed by atoms with E-state index >= 15 is 0 Å². The van der Waals surface area contributed by atoms with E-state index in [1.807, 2.05) is 30.3 Å². The van der Waals surface area contributed by atoms with Crippen LogP contribution in [-0.2, 0) is 6.42 Å². The summed E-state index contributed by atoms with van der Waals surface area (Å²) >= 11 is 0. The number of allylic oxidation sites excluding steroid dienone is 7. The van der Waals surface area contributed by atoms with Gasteiger partial charge in [-0.2, -0.15) is 0 Å². The van der Waals surface area contributed by atoms with Gasteiger partial charge in [-0.25, -0.2) is 9.18 Å². The number of halogens is 1. The minimum Gasteiger partial charge on any atom is -0.449 e. The summed E-state index contributed by atoms with van der Waals surface area (Å²) in [6.07, 6.45) is 13.7. The lowest BCUT2D eigenvalue weighted by molar-refractivity contribution is 0.125. The molecule has 1 saturated carbocycles. The number of ether oxygens (including phenoxy) is 1. The highest BCUT2D eigenvalue weighted by Crippen LogP contribution is 2.63. The molecule has 1 N–H and O–H groups in total. The Hall–Kier alpha value is -3.40. The van der Waals surface area contributed by atoms with Crippen LogP contribution in [0.3, 0.4) is 0 Å². The minimum absolute atomic E-state index is 0.0803. The zero-order chi connectivity index (χ0) is 24.6. The standard InChI is InChI=1S/C31H31FO3/c1-30(15-13-23-5-3-4-6-28(23)35-29(33)34)16-14-26-19-25-18-22(7-10-24(25)20-31(26,30)2)17-21-8-11-27(32)12-9-21/h3-12,17,19H,13-16,18,20H2,1-2H3,(H,33,34)/b22-17+. The van der Waals surface area contributed by atoms with Crippen molar-refractivity contribution in [1.82, 2.24) is 0 Å². The molecule has 5 rings (SSSR count). The SMILES string of the molecule is CC1(CCc2ccccc2OC(=O)O)CCC2=CC3=C(C=C/C(=C\c4ccc(F)cc4)C3)CC21C. The Morgan fingerprint density at radius 3 is 2.63 bits per heavy atom. The van der Waals surface area contributed by atoms with Crippen molar-refractivity contribution >= 4 is 12.2 Å². The molecule has 2 unspecified atom stereocenters. The molecule has 0 spiro atoms. The van der Waals surface area contributed by atoms with Gasteiger partial charge < -0.3 is 9.84 Å². The number of hydrogen-bond acceptors (Lipinski definition) is 2. The smallest absolute Gasteiger partial charge is 0.449 e. The first kappa shape index (κ1) is 23.3. The van der Waals surface area contributed by atoms with Gasteiger partial charge >= 0.3 is 6.16 Å². The highest BCUT2D eigenvalue weighted by atomic mass is 19.1. The van der Waals surface area contributed by atoms with Crippen LogP contribution in [-0.4, -0.2) is 11.3 Å². The molecule has 180 valence electrons. The third-order valence-electron chi connectivity index (χ3n) is 8.52. The summed E-state index contributed by atoms with van der Waals surface area (Å²) in [5.41, 5.74) is 7.75. The highest BCUT2D eigenvalue weighted by Gasteiger charge is 2.52. The van der Waals surface area contributed by atoms with Crippen molar-refractivity contribution in [3.05, 3.63) is 106 Å². The summed E-state index contributed by atoms with van der Waals surface area (Å²) in [6, 6.07) is 14.1. The summed E-state index contributed by atoms with van der Waals surface area (Å²) in [6.45, 7) is 4.81. The van der Waals surface area contributed by atoms with Gasteiger partial charge in [0.1, 0.15) is 11.6 Å². The monoisotopic (exact) mass is 470 g/mol. The highest BCUT2D eigenvalue weighted by molar-refractivity contribution is 5.62. The molecule has 4 heteroatoms. The quantitative estimate of drug-likeness (QED) is 0.353. The number of benzene rings is 2. The second kappa shape index (κ2) is 8.99. The van der Waals surface area contributed by atoms with E-state index in [2.05, 4.69) is 38.2 Å². The lowest BCUT2D eigenvalue weighted by Crippen LogP contribution is -2.36. The second-order valence-corrected chi connectivity index (χ2v) is 10.5. The molecule has 2 aromatic rings. The molecule has 2 aromatic carbocycles. The topological polar surface area (TPSA) is 46.5 Å². The van der Waals surface area contributed by atoms with E-state index in [-0.39, 0.29) is 16.6 Å². The molecule has 0 amide bonds. The Balaban J connectivity index is 1.33. The van der Waals surface area contributed by atoms with Crippen LogP contribution in [0.25, 0.3) is 6.08 Å². The van der Waals surface area contributed by atoms with Crippen molar-refractivity contribution in [3.63, 3.8) is 0 Å². The van der Waals surface area contributed by atoms with Crippen LogP contribution in [0.15, 0.2) is 89.1 Å². The Bertz CT molecular complexity index is 1280. The van der Waals surface area contributed by atoms with Gasteiger partial charge in [-0.1, -0.05) is 74.1 Å². The van der Waals surface area contributed by atoms with Gasteiger partial charge in [-0.15, -0.1) is 0 Å². The first-order valence-corrected chi connectivity index (χ1v) is 12.3. The summed E-state index contributed by atoms with van der Waals surface area (Å²) in [4.78, 5) is 11.1. The molecular formula is C31H31FO3. The van der Waals surface area contributed by atoms with Crippen molar-refractivity contribution in [2.24, 2.45) is 10.8 Å². The zero-order valence-corrected chi connectivity index (χ0v) is 20.3. The van der Waals surface area contributed by atoms with Crippen LogP contribution in [0.1, 0.15) is 57.1 Å². The summed E-state index contributed by atoms with van der Waals surface area (Å²) < 4.78 is 18.3. The third-order valence-corrected chi connectivity index (χ3v) is 8.52. The number of carbonyl (C=O) groups is 1. The van der Waals surface area contributed by atoms with E-state index in [0.717, 1.165) is 49.7 Å². The van der Waals surface area contributed by atoms with E-state index < -0.39 is 6.16 Å². The summed E-state index contributed by atoms with van der Waals surface area (Å²) in [7, 11) is 0. The number of fused-ring (bicyclic) bond motifs is 1. The number of para-hydroxylation sites is 1. The lowest BCUT2D eigenvalue weighted by atomic mass is 9.59. The number of hydrogen-bond donors (Lipinski definition) is 1. The maximum atomic E-state index is 13.3. The average Bonchev–Trinajstić information content (AvgIpc) is 3.08. The van der Waals surface area contributed by atoms with Crippen LogP contribution in [0.5, 0.6) is 5.75 Å². The van der Waals surface area contributed by atoms with Crippen LogP contribution in [0.2, 0.25) is 0 Å². The molecule has 1 fully saturated rings. The predicted molar refractivity (Wildman–Crippen MR) is 137 cm³/mol. The van der Waals surface area contributed by atoms with Gasteiger partial charge in [0.15, 0.2) is 0 Å². The van der Waals surface area contributed by atoms with Crippen molar-refractivity contribution in [1.29, 1.82) is 0 Å². The van der Waals surface area contributed by atoms with Gasteiger partial charge in [0.25, 0.3) is 0 Å². The largest absolute Gasteiger partial charge is 0.511 e. The number of rotatable bonds is 5.